The van der Waals surface area contributed by atoms with Gasteiger partial charge in [-0.25, -0.2) is 9.48 Å². The molecule has 1 saturated heterocycles. The number of likely N-dealkylation sites (tertiary alicyclic amines) is 1. The third-order valence-corrected chi connectivity index (χ3v) is 7.74. The van der Waals surface area contributed by atoms with Gasteiger partial charge in [0.2, 0.25) is 0 Å². The van der Waals surface area contributed by atoms with E-state index in [1.165, 1.54) is 11.3 Å². The van der Waals surface area contributed by atoms with Crippen molar-refractivity contribution in [3.8, 4) is 0 Å². The predicted octanol–water partition coefficient (Wildman–Crippen LogP) is 1.90. The molecule has 0 saturated carbocycles. The number of amides is 4. The van der Waals surface area contributed by atoms with Crippen molar-refractivity contribution in [3.05, 3.63) is 41.7 Å². The summed E-state index contributed by atoms with van der Waals surface area (Å²) >= 11 is 1.37. The summed E-state index contributed by atoms with van der Waals surface area (Å²) in [7, 11) is 3.92. The molecule has 1 fully saturated rings. The number of nitrogens with zero attached hydrogens (tertiary/aromatic N) is 6. The zero-order chi connectivity index (χ0) is 26.9. The fourth-order valence-electron chi connectivity index (χ4n) is 4.86. The highest BCUT2D eigenvalue weighted by molar-refractivity contribution is 7.23. The van der Waals surface area contributed by atoms with Crippen LogP contribution in [0.1, 0.15) is 35.8 Å². The molecule has 0 aliphatic carbocycles. The highest BCUT2D eigenvalue weighted by atomic mass is 32.1. The molecular formula is C25H31N9O3S. The lowest BCUT2D eigenvalue weighted by molar-refractivity contribution is -0.125. The summed E-state index contributed by atoms with van der Waals surface area (Å²) in [6.45, 7) is 4.07. The summed E-state index contributed by atoms with van der Waals surface area (Å²) in [5.41, 5.74) is 0.425. The molecule has 0 radical (unpaired) electrons. The van der Waals surface area contributed by atoms with Gasteiger partial charge in [0.15, 0.2) is 0 Å². The molecular weight excluding hydrogens is 506 g/mol. The lowest BCUT2D eigenvalue weighted by Crippen LogP contribution is -2.50. The molecule has 2 aliphatic heterocycles. The number of carbonyl (C=O) groups is 3. The van der Waals surface area contributed by atoms with E-state index in [9.17, 15) is 14.4 Å². The number of urea groups is 1. The molecule has 1 aromatic carbocycles. The Balaban J connectivity index is 1.30. The van der Waals surface area contributed by atoms with Crippen molar-refractivity contribution >= 4 is 50.1 Å². The van der Waals surface area contributed by atoms with Crippen LogP contribution in [0.4, 0.5) is 9.80 Å². The monoisotopic (exact) mass is 537 g/mol. The molecule has 4 amide bonds. The number of amidine groups is 1. The van der Waals surface area contributed by atoms with Gasteiger partial charge in [0.25, 0.3) is 11.8 Å². The first-order valence-corrected chi connectivity index (χ1v) is 13.4. The maximum absolute atomic E-state index is 13.7. The van der Waals surface area contributed by atoms with Crippen LogP contribution in [-0.4, -0.2) is 87.7 Å². The van der Waals surface area contributed by atoms with Crippen molar-refractivity contribution < 1.29 is 14.4 Å². The number of anilines is 1. The summed E-state index contributed by atoms with van der Waals surface area (Å²) in [5, 5.41) is 18.1. The van der Waals surface area contributed by atoms with Crippen LogP contribution in [0.5, 0.6) is 0 Å². The Morgan fingerprint density at radius 2 is 1.97 bits per heavy atom. The number of nitrogens with one attached hydrogen (secondary N) is 3. The quantitative estimate of drug-likeness (QED) is 0.421. The van der Waals surface area contributed by atoms with Gasteiger partial charge in [-0.1, -0.05) is 23.4 Å². The highest BCUT2D eigenvalue weighted by Gasteiger charge is 2.46. The van der Waals surface area contributed by atoms with Crippen molar-refractivity contribution in [3.63, 3.8) is 0 Å². The fraction of sp³-hybridized carbons (Fsp3) is 0.440. The van der Waals surface area contributed by atoms with Crippen molar-refractivity contribution in [1.29, 1.82) is 0 Å². The van der Waals surface area contributed by atoms with Crippen LogP contribution in [0.2, 0.25) is 0 Å². The molecule has 3 N–H and O–H groups in total. The average Bonchev–Trinajstić information content (AvgIpc) is 3.54. The smallest absolute Gasteiger partial charge is 0.319 e. The van der Waals surface area contributed by atoms with E-state index in [1.54, 1.807) is 9.58 Å². The molecule has 3 aromatic rings. The predicted molar refractivity (Wildman–Crippen MR) is 145 cm³/mol. The first kappa shape index (κ1) is 25.8. The number of benzene rings is 1. The van der Waals surface area contributed by atoms with E-state index in [0.717, 1.165) is 15.8 Å². The van der Waals surface area contributed by atoms with Crippen LogP contribution < -0.4 is 16.0 Å². The zero-order valence-electron chi connectivity index (χ0n) is 21.7. The molecule has 0 atom stereocenters. The normalized spacial score (nSPS) is 16.7. The summed E-state index contributed by atoms with van der Waals surface area (Å²) in [6.07, 6.45) is 2.68. The zero-order valence-corrected chi connectivity index (χ0v) is 22.5. The van der Waals surface area contributed by atoms with Gasteiger partial charge in [-0.15, -0.1) is 16.4 Å². The number of hydrogen-bond donors (Lipinski definition) is 3. The number of thiophene rings is 1. The van der Waals surface area contributed by atoms with Gasteiger partial charge in [-0.05, 0) is 39.9 Å². The van der Waals surface area contributed by atoms with Crippen molar-refractivity contribution in [1.82, 2.24) is 35.4 Å². The molecule has 200 valence electrons. The Labute approximate surface area is 224 Å². The Morgan fingerprint density at radius 1 is 1.21 bits per heavy atom. The molecule has 4 heterocycles. The van der Waals surface area contributed by atoms with Crippen LogP contribution in [0.3, 0.4) is 0 Å². The Hall–Kier alpha value is -3.84. The summed E-state index contributed by atoms with van der Waals surface area (Å²) in [5.74, 6) is 0.240. The average molecular weight is 538 g/mol. The first-order valence-electron chi connectivity index (χ1n) is 12.6. The second-order valence-electron chi connectivity index (χ2n) is 9.77. The molecule has 38 heavy (non-hydrogen) atoms. The molecule has 1 spiro atoms. The highest BCUT2D eigenvalue weighted by Crippen LogP contribution is 2.38. The number of fused-ring (bicyclic) bond motifs is 1. The van der Waals surface area contributed by atoms with Crippen LogP contribution in [-0.2, 0) is 17.9 Å². The van der Waals surface area contributed by atoms with Crippen molar-refractivity contribution in [2.24, 2.45) is 4.99 Å². The SMILES string of the molecule is CCNC(=O)Nc1sc2ccccc2c1C(=O)N1CCC2(CC1)N=C(Cn1cc(CN(C)C)nn1)NC2=O. The number of piperidine rings is 1. The van der Waals surface area contributed by atoms with Crippen molar-refractivity contribution in [2.45, 2.75) is 38.4 Å². The molecule has 2 aliphatic rings. The molecule has 2 aromatic heterocycles. The Morgan fingerprint density at radius 3 is 2.71 bits per heavy atom. The van der Waals surface area contributed by atoms with Gasteiger partial charge in [0, 0.05) is 36.3 Å². The van der Waals surface area contributed by atoms with E-state index in [2.05, 4.69) is 26.3 Å². The standard InChI is InChI=1S/C25H31N9O3S/c1-4-26-24(37)28-21-20(17-7-5-6-8-18(17)38-21)22(35)33-11-9-25(10-12-33)23(36)27-19(29-25)15-34-14-16(30-31-34)13-32(2)3/h5-8,14H,4,9-13,15H2,1-3H3,(H2,26,28,37)(H,27,29,36). The van der Waals surface area contributed by atoms with E-state index in [4.69, 9.17) is 4.99 Å². The van der Waals surface area contributed by atoms with E-state index in [0.29, 0.717) is 62.0 Å². The van der Waals surface area contributed by atoms with Gasteiger partial charge < -0.3 is 20.4 Å². The molecule has 0 bridgehead atoms. The molecule has 13 heteroatoms. The van der Waals surface area contributed by atoms with Crippen LogP contribution in [0.15, 0.2) is 35.5 Å². The fourth-order valence-corrected chi connectivity index (χ4v) is 5.95. The lowest BCUT2D eigenvalue weighted by Gasteiger charge is -2.35. The Bertz CT molecular complexity index is 1400. The minimum absolute atomic E-state index is 0.146. The van der Waals surface area contributed by atoms with E-state index >= 15 is 0 Å². The third-order valence-electron chi connectivity index (χ3n) is 6.66. The van der Waals surface area contributed by atoms with Crippen molar-refractivity contribution in [2.75, 3.05) is 39.0 Å². The minimum Gasteiger partial charge on any atom is -0.338 e. The number of aliphatic imine (C=N–C) groups is 1. The number of hydrogen-bond acceptors (Lipinski definition) is 8. The largest absolute Gasteiger partial charge is 0.338 e. The maximum atomic E-state index is 13.7. The first-order chi connectivity index (χ1) is 18.3. The second kappa shape index (κ2) is 10.5. The van der Waals surface area contributed by atoms with Crippen LogP contribution in [0.25, 0.3) is 10.1 Å². The number of rotatable bonds is 7. The van der Waals surface area contributed by atoms with Gasteiger partial charge in [-0.2, -0.15) is 0 Å². The van der Waals surface area contributed by atoms with Gasteiger partial charge in [0.1, 0.15) is 22.9 Å². The van der Waals surface area contributed by atoms with Gasteiger partial charge in [-0.3, -0.25) is 19.9 Å². The van der Waals surface area contributed by atoms with Gasteiger partial charge in [0.05, 0.1) is 17.5 Å². The topological polar surface area (TPSA) is 137 Å². The lowest BCUT2D eigenvalue weighted by atomic mass is 9.87. The van der Waals surface area contributed by atoms with Gasteiger partial charge >= 0.3 is 6.03 Å². The molecule has 12 nitrogen and oxygen atoms in total. The van der Waals surface area contributed by atoms with E-state index in [-0.39, 0.29) is 17.8 Å². The summed E-state index contributed by atoms with van der Waals surface area (Å²) in [6, 6.07) is 7.26. The minimum atomic E-state index is -0.891. The summed E-state index contributed by atoms with van der Waals surface area (Å²) in [4.78, 5) is 47.5. The van der Waals surface area contributed by atoms with E-state index in [1.807, 2.05) is 56.4 Å². The number of carbonyl (C=O) groups excluding carboxylic acids is 3. The molecule has 0 unspecified atom stereocenters. The molecule has 5 rings (SSSR count). The summed E-state index contributed by atoms with van der Waals surface area (Å²) < 4.78 is 2.59. The number of aromatic nitrogens is 3. The van der Waals surface area contributed by atoms with E-state index < -0.39 is 5.54 Å². The van der Waals surface area contributed by atoms with Crippen LogP contribution in [0, 0.1) is 0 Å². The third kappa shape index (κ3) is 5.11. The maximum Gasteiger partial charge on any atom is 0.319 e. The van der Waals surface area contributed by atoms with Crippen LogP contribution >= 0.6 is 11.3 Å². The second-order valence-corrected chi connectivity index (χ2v) is 10.8. The Kier molecular flexibility index (Phi) is 7.13.